The number of nitrogens with zero attached hydrogens (tertiary/aromatic N) is 3. The molecule has 0 aromatic heterocycles. The highest BCUT2D eigenvalue weighted by atomic mass is 15.1. The van der Waals surface area contributed by atoms with Gasteiger partial charge in [0.1, 0.15) is 0 Å². The lowest BCUT2D eigenvalue weighted by Crippen LogP contribution is -2.57. The predicted molar refractivity (Wildman–Crippen MR) is 509 cm³/mol. The number of rotatable bonds is 8. The topological polar surface area (TPSA) is 9.72 Å². The standard InChI is InChI=1S/2C42H28BN.C28H20BN/c1-2-14-30(15-3-1)43-40-23-11-8-21-37(40)38-22-10-13-25-42(38)44(43)41-24-12-9-16-31(41)29-26-27-36-34-19-5-4-17-32(34)33-18-6-7-20-35(33)39(36)28-29;1-2-14-31(15-3-1)43-41-23-10-8-21-38(41)39-22-9-11-24-42(39)44(43)32-16-12-13-29(27-32)30-25-26-37-35-19-5-4-17-33(35)34-18-6-7-20-36(34)40(37)28-30;1-3-13-23(14-4-1)29-27-20-22-12-8-7-11-21(22)19-26(27)25-17-9-10-18-28(25)30(29)24-15-5-2-6-16-24/h2*1-28H;1-20H. The van der Waals surface area contributed by atoms with Crippen LogP contribution in [0.2, 0.25) is 0 Å². The zero-order valence-electron chi connectivity index (χ0n) is 65.0. The van der Waals surface area contributed by atoms with Gasteiger partial charge >= 0.3 is 20.5 Å². The van der Waals surface area contributed by atoms with Crippen molar-refractivity contribution in [1.29, 1.82) is 0 Å². The first kappa shape index (κ1) is 69.7. The van der Waals surface area contributed by atoms with Crippen LogP contribution < -0.4 is 47.2 Å². The summed E-state index contributed by atoms with van der Waals surface area (Å²) < 4.78 is 0. The lowest BCUT2D eigenvalue weighted by molar-refractivity contribution is 1.36. The van der Waals surface area contributed by atoms with E-state index in [0.29, 0.717) is 0 Å². The van der Waals surface area contributed by atoms with E-state index in [0.717, 1.165) is 0 Å². The van der Waals surface area contributed by atoms with Gasteiger partial charge in [0.25, 0.3) is 0 Å². The Labute approximate surface area is 689 Å². The van der Waals surface area contributed by atoms with E-state index in [4.69, 9.17) is 0 Å². The van der Waals surface area contributed by atoms with Gasteiger partial charge in [0.2, 0.25) is 0 Å². The highest BCUT2D eigenvalue weighted by molar-refractivity contribution is 6.92. The van der Waals surface area contributed by atoms with Crippen molar-refractivity contribution in [1.82, 2.24) is 0 Å². The molecule has 0 unspecified atom stereocenters. The summed E-state index contributed by atoms with van der Waals surface area (Å²) >= 11 is 0. The number of hydrogen-bond donors (Lipinski definition) is 0. The monoisotopic (exact) mass is 1500 g/mol. The van der Waals surface area contributed by atoms with Gasteiger partial charge in [-0.05, 0) is 192 Å². The predicted octanol–water partition coefficient (Wildman–Crippen LogP) is 25.2. The minimum absolute atomic E-state index is 0.0358. The molecule has 3 nitrogen and oxygen atoms in total. The van der Waals surface area contributed by atoms with E-state index < -0.39 is 0 Å². The fourth-order valence-electron chi connectivity index (χ4n) is 19.5. The zero-order chi connectivity index (χ0) is 78.0. The van der Waals surface area contributed by atoms with Crippen LogP contribution in [0.4, 0.5) is 34.1 Å². The second-order valence-corrected chi connectivity index (χ2v) is 31.2. The molecule has 0 aliphatic carbocycles. The Hall–Kier alpha value is -15.0. The van der Waals surface area contributed by atoms with Gasteiger partial charge in [-0.1, -0.05) is 411 Å². The van der Waals surface area contributed by atoms with Crippen LogP contribution in [0.15, 0.2) is 461 Å². The summed E-state index contributed by atoms with van der Waals surface area (Å²) in [5, 5.41) is 18.1. The third-order valence-corrected chi connectivity index (χ3v) is 24.7. The molecule has 0 saturated heterocycles. The Morgan fingerprint density at radius 1 is 0.144 bits per heavy atom. The maximum atomic E-state index is 2.56. The van der Waals surface area contributed by atoms with E-state index in [-0.39, 0.29) is 20.5 Å². The maximum absolute atomic E-state index is 2.56. The van der Waals surface area contributed by atoms with Gasteiger partial charge in [-0.2, -0.15) is 0 Å². The highest BCUT2D eigenvalue weighted by Gasteiger charge is 2.41. The first-order valence-electron chi connectivity index (χ1n) is 41.0. The Morgan fingerprint density at radius 2 is 0.441 bits per heavy atom. The van der Waals surface area contributed by atoms with Crippen LogP contribution in [0.3, 0.4) is 0 Å². The molecule has 6 heteroatoms. The molecule has 0 bridgehead atoms. The molecule has 3 aliphatic rings. The van der Waals surface area contributed by atoms with Crippen LogP contribution in [0.1, 0.15) is 0 Å². The minimum Gasteiger partial charge on any atom is -0.376 e. The van der Waals surface area contributed by atoms with Crippen molar-refractivity contribution in [2.24, 2.45) is 0 Å². The van der Waals surface area contributed by atoms with Crippen LogP contribution in [-0.4, -0.2) is 20.5 Å². The minimum atomic E-state index is 0.0358. The zero-order valence-corrected chi connectivity index (χ0v) is 65.0. The number of para-hydroxylation sites is 5. The van der Waals surface area contributed by atoms with Gasteiger partial charge in [0.05, 0.1) is 0 Å². The van der Waals surface area contributed by atoms with E-state index in [2.05, 4.69) is 475 Å². The molecule has 0 saturated carbocycles. The third-order valence-electron chi connectivity index (χ3n) is 24.7. The van der Waals surface area contributed by atoms with Crippen molar-refractivity contribution >= 4 is 163 Å². The molecule has 3 aliphatic heterocycles. The average Bonchev–Trinajstić information content (AvgIpc) is 0.741. The molecule has 0 spiro atoms. The normalized spacial score (nSPS) is 12.5. The largest absolute Gasteiger partial charge is 0.376 e. The summed E-state index contributed by atoms with van der Waals surface area (Å²) in [4.78, 5) is 7.58. The number of benzene rings is 21. The molecular formula is C112H76B3N3. The Bertz CT molecular complexity index is 7370. The highest BCUT2D eigenvalue weighted by Crippen LogP contribution is 2.48. The van der Waals surface area contributed by atoms with Crippen LogP contribution in [-0.2, 0) is 0 Å². The van der Waals surface area contributed by atoms with Gasteiger partial charge < -0.3 is 14.4 Å². The molecule has 0 atom stereocenters. The molecule has 548 valence electrons. The van der Waals surface area contributed by atoms with Gasteiger partial charge in [-0.15, -0.1) is 0 Å². The van der Waals surface area contributed by atoms with Crippen molar-refractivity contribution in [2.75, 3.05) is 14.4 Å². The lowest BCUT2D eigenvalue weighted by atomic mass is 9.45. The summed E-state index contributed by atoms with van der Waals surface area (Å²) in [5.41, 5.74) is 27.8. The smallest absolute Gasteiger partial charge is 0.328 e. The van der Waals surface area contributed by atoms with Gasteiger partial charge in [0, 0.05) is 56.4 Å². The molecule has 0 N–H and O–H groups in total. The Kier molecular flexibility index (Phi) is 17.6. The molecule has 24 rings (SSSR count). The summed E-state index contributed by atoms with van der Waals surface area (Å²) in [6.07, 6.45) is 0. The molecular weight excluding hydrogens is 1420 g/mol. The summed E-state index contributed by atoms with van der Waals surface area (Å²) in [6, 6.07) is 168. The first-order chi connectivity index (χ1) is 58.6. The van der Waals surface area contributed by atoms with Gasteiger partial charge in [-0.3, -0.25) is 0 Å². The van der Waals surface area contributed by atoms with Crippen molar-refractivity contribution in [3.8, 4) is 55.6 Å². The average molecular weight is 1500 g/mol. The molecule has 0 fully saturated rings. The summed E-state index contributed by atoms with van der Waals surface area (Å²) in [6.45, 7) is 0.209. The second-order valence-electron chi connectivity index (χ2n) is 31.2. The van der Waals surface area contributed by atoms with Crippen LogP contribution in [0.5, 0.6) is 0 Å². The van der Waals surface area contributed by atoms with Gasteiger partial charge in [0.15, 0.2) is 0 Å². The number of anilines is 6. The SMILES string of the molecule is c1ccc(B2c3cc4ccccc4cc3-c3ccccc3N2c2ccccc2)cc1.c1ccc(B2c3ccccc3-c3ccccc3N2c2cccc(-c3ccc4c5ccccc5c5ccccc5c4c3)c2)cc1.c1ccc(B2c3ccccc3-c3ccccc3N2c2ccccc2-c2ccc3c4ccccc4c4ccccc4c3c2)cc1. The van der Waals surface area contributed by atoms with Crippen molar-refractivity contribution < 1.29 is 0 Å². The van der Waals surface area contributed by atoms with Crippen LogP contribution >= 0.6 is 0 Å². The fraction of sp³-hybridized carbons (Fsp3) is 0. The second kappa shape index (κ2) is 29.8. The summed E-state index contributed by atoms with van der Waals surface area (Å²) in [5.74, 6) is 0. The van der Waals surface area contributed by atoms with E-state index in [1.54, 1.807) is 0 Å². The fourth-order valence-corrected chi connectivity index (χ4v) is 19.5. The Morgan fingerprint density at radius 3 is 0.915 bits per heavy atom. The van der Waals surface area contributed by atoms with Crippen molar-refractivity contribution in [2.45, 2.75) is 0 Å². The lowest BCUT2D eigenvalue weighted by Gasteiger charge is -2.40. The quantitative estimate of drug-likeness (QED) is 0.111. The molecule has 3 heterocycles. The van der Waals surface area contributed by atoms with E-state index in [1.807, 2.05) is 0 Å². The van der Waals surface area contributed by atoms with Crippen LogP contribution in [0, 0.1) is 0 Å². The van der Waals surface area contributed by atoms with Crippen molar-refractivity contribution in [3.05, 3.63) is 461 Å². The summed E-state index contributed by atoms with van der Waals surface area (Å²) in [7, 11) is 0. The maximum Gasteiger partial charge on any atom is 0.328 e. The first-order valence-corrected chi connectivity index (χ1v) is 41.0. The number of hydrogen-bond acceptors (Lipinski definition) is 3. The van der Waals surface area contributed by atoms with Crippen molar-refractivity contribution in [3.63, 3.8) is 0 Å². The molecule has 21 aromatic rings. The van der Waals surface area contributed by atoms with E-state index in [1.165, 1.54) is 198 Å². The van der Waals surface area contributed by atoms with E-state index in [9.17, 15) is 0 Å². The van der Waals surface area contributed by atoms with E-state index >= 15 is 0 Å². The van der Waals surface area contributed by atoms with Crippen LogP contribution in [0.25, 0.3) is 131 Å². The number of fused-ring (bicyclic) bond motifs is 22. The molecule has 0 amide bonds. The third kappa shape index (κ3) is 12.0. The molecule has 118 heavy (non-hydrogen) atoms. The van der Waals surface area contributed by atoms with Gasteiger partial charge in [-0.25, -0.2) is 0 Å². The molecule has 0 radical (unpaired) electrons. The molecule has 21 aromatic carbocycles. The Balaban J connectivity index is 0.000000109.